The van der Waals surface area contributed by atoms with Crippen molar-refractivity contribution in [3.8, 4) is 11.3 Å². The Labute approximate surface area is 177 Å². The highest BCUT2D eigenvalue weighted by Gasteiger charge is 2.20. The SMILES string of the molecule is Cc1ccc(S(C)(=O)=O)cc1NC(=O)c1cc(-c2ccc(F)cc2)nc2onc(C)c12. The standard InChI is InChI=1S/C22H18FN3O4S/c1-12-4-9-16(31(3,28)29)10-18(12)24-21(27)17-11-19(14-5-7-15(23)8-6-14)25-22-20(17)13(2)26-30-22/h4-11H,1-3H3,(H,24,27). The van der Waals surface area contributed by atoms with E-state index < -0.39 is 15.7 Å². The Kier molecular flexibility index (Phi) is 5.06. The fraction of sp³-hybridized carbons (Fsp3) is 0.136. The van der Waals surface area contributed by atoms with Gasteiger partial charge in [0.1, 0.15) is 5.82 Å². The van der Waals surface area contributed by atoms with Gasteiger partial charge in [0, 0.05) is 17.5 Å². The fourth-order valence-electron chi connectivity index (χ4n) is 3.20. The number of benzene rings is 2. The van der Waals surface area contributed by atoms with E-state index in [2.05, 4.69) is 15.5 Å². The number of carbonyl (C=O) groups is 1. The Bertz CT molecular complexity index is 1430. The third-order valence-corrected chi connectivity index (χ3v) is 6.00. The molecule has 0 atom stereocenters. The lowest BCUT2D eigenvalue weighted by molar-refractivity contribution is 0.102. The van der Waals surface area contributed by atoms with Crippen molar-refractivity contribution in [1.29, 1.82) is 0 Å². The average molecular weight is 439 g/mol. The highest BCUT2D eigenvalue weighted by atomic mass is 32.2. The molecule has 0 fully saturated rings. The number of amides is 1. The van der Waals surface area contributed by atoms with E-state index in [-0.39, 0.29) is 22.0 Å². The summed E-state index contributed by atoms with van der Waals surface area (Å²) in [5.74, 6) is -0.865. The summed E-state index contributed by atoms with van der Waals surface area (Å²) in [4.78, 5) is 17.7. The maximum Gasteiger partial charge on any atom is 0.259 e. The van der Waals surface area contributed by atoms with Crippen LogP contribution in [0.4, 0.5) is 10.1 Å². The van der Waals surface area contributed by atoms with Gasteiger partial charge >= 0.3 is 0 Å². The maximum atomic E-state index is 13.3. The number of nitrogens with zero attached hydrogens (tertiary/aromatic N) is 2. The highest BCUT2D eigenvalue weighted by molar-refractivity contribution is 7.90. The summed E-state index contributed by atoms with van der Waals surface area (Å²) in [6.45, 7) is 3.45. The molecule has 1 N–H and O–H groups in total. The van der Waals surface area contributed by atoms with Crippen LogP contribution in [0.25, 0.3) is 22.4 Å². The smallest absolute Gasteiger partial charge is 0.259 e. The van der Waals surface area contributed by atoms with Crippen molar-refractivity contribution in [2.24, 2.45) is 0 Å². The molecule has 1 amide bonds. The van der Waals surface area contributed by atoms with Crippen LogP contribution in [0.3, 0.4) is 0 Å². The minimum Gasteiger partial charge on any atom is -0.335 e. The summed E-state index contributed by atoms with van der Waals surface area (Å²) in [7, 11) is -3.44. The van der Waals surface area contributed by atoms with Crippen molar-refractivity contribution in [2.75, 3.05) is 11.6 Å². The number of nitrogens with one attached hydrogen (secondary N) is 1. The topological polar surface area (TPSA) is 102 Å². The van der Waals surface area contributed by atoms with Crippen LogP contribution in [0.2, 0.25) is 0 Å². The molecule has 9 heteroatoms. The van der Waals surface area contributed by atoms with Crippen LogP contribution >= 0.6 is 0 Å². The zero-order valence-corrected chi connectivity index (χ0v) is 17.7. The van der Waals surface area contributed by atoms with E-state index >= 15 is 0 Å². The second kappa shape index (κ2) is 7.59. The van der Waals surface area contributed by atoms with E-state index in [0.717, 1.165) is 6.26 Å². The van der Waals surface area contributed by atoms with Crippen molar-refractivity contribution in [3.63, 3.8) is 0 Å². The Morgan fingerprint density at radius 1 is 1.06 bits per heavy atom. The molecule has 0 aliphatic carbocycles. The van der Waals surface area contributed by atoms with E-state index in [1.165, 1.54) is 24.3 Å². The van der Waals surface area contributed by atoms with Crippen LogP contribution in [0.15, 0.2) is 57.9 Å². The summed E-state index contributed by atoms with van der Waals surface area (Å²) < 4.78 is 42.4. The minimum atomic E-state index is -3.44. The van der Waals surface area contributed by atoms with Crippen molar-refractivity contribution in [3.05, 3.63) is 71.2 Å². The van der Waals surface area contributed by atoms with Gasteiger partial charge in [-0.05, 0) is 61.9 Å². The van der Waals surface area contributed by atoms with Gasteiger partial charge in [0.25, 0.3) is 11.6 Å². The van der Waals surface area contributed by atoms with Crippen molar-refractivity contribution in [2.45, 2.75) is 18.7 Å². The first-order chi connectivity index (χ1) is 14.6. The molecule has 2 aromatic heterocycles. The minimum absolute atomic E-state index is 0.0986. The van der Waals surface area contributed by atoms with E-state index in [0.29, 0.717) is 33.6 Å². The number of fused-ring (bicyclic) bond motifs is 1. The maximum absolute atomic E-state index is 13.3. The third kappa shape index (κ3) is 4.04. The monoisotopic (exact) mass is 439 g/mol. The molecule has 0 bridgehead atoms. The van der Waals surface area contributed by atoms with Crippen molar-refractivity contribution >= 4 is 32.5 Å². The zero-order chi connectivity index (χ0) is 22.3. The number of carbonyl (C=O) groups excluding carboxylic acids is 1. The summed E-state index contributed by atoms with van der Waals surface area (Å²) in [5, 5.41) is 7.12. The summed E-state index contributed by atoms with van der Waals surface area (Å²) >= 11 is 0. The average Bonchev–Trinajstić information content (AvgIpc) is 3.09. The molecule has 0 saturated carbocycles. The lowest BCUT2D eigenvalue weighted by atomic mass is 10.0. The number of aryl methyl sites for hydroxylation is 2. The first kappa shape index (κ1) is 20.7. The normalized spacial score (nSPS) is 11.6. The van der Waals surface area contributed by atoms with Crippen LogP contribution in [-0.4, -0.2) is 30.7 Å². The Morgan fingerprint density at radius 3 is 2.45 bits per heavy atom. The Balaban J connectivity index is 1.81. The lowest BCUT2D eigenvalue weighted by Crippen LogP contribution is -2.14. The summed E-state index contributed by atoms with van der Waals surface area (Å²) in [6, 6.07) is 11.8. The molecule has 0 aliphatic rings. The number of sulfone groups is 1. The van der Waals surface area contributed by atoms with Gasteiger partial charge in [-0.15, -0.1) is 0 Å². The van der Waals surface area contributed by atoms with E-state index in [9.17, 15) is 17.6 Å². The Hall–Kier alpha value is -3.59. The van der Waals surface area contributed by atoms with Gasteiger partial charge in [-0.1, -0.05) is 11.2 Å². The van der Waals surface area contributed by atoms with Gasteiger partial charge < -0.3 is 9.84 Å². The quantitative estimate of drug-likeness (QED) is 0.509. The van der Waals surface area contributed by atoms with Crippen LogP contribution in [-0.2, 0) is 9.84 Å². The van der Waals surface area contributed by atoms with Gasteiger partial charge in [-0.3, -0.25) is 4.79 Å². The van der Waals surface area contributed by atoms with Crippen LogP contribution < -0.4 is 5.32 Å². The van der Waals surface area contributed by atoms with Gasteiger partial charge in [0.05, 0.1) is 27.2 Å². The predicted molar refractivity (Wildman–Crippen MR) is 114 cm³/mol. The van der Waals surface area contributed by atoms with Gasteiger partial charge in [0.15, 0.2) is 9.84 Å². The molecular formula is C22H18FN3O4S. The second-order valence-electron chi connectivity index (χ2n) is 7.21. The number of rotatable bonds is 4. The molecule has 0 unspecified atom stereocenters. The molecule has 4 rings (SSSR count). The molecule has 0 saturated heterocycles. The summed E-state index contributed by atoms with van der Waals surface area (Å²) in [6.07, 6.45) is 1.10. The second-order valence-corrected chi connectivity index (χ2v) is 9.23. The number of halogens is 1. The number of hydrogen-bond donors (Lipinski definition) is 1. The molecule has 7 nitrogen and oxygen atoms in total. The molecule has 158 valence electrons. The van der Waals surface area contributed by atoms with Crippen molar-refractivity contribution < 1.29 is 22.1 Å². The van der Waals surface area contributed by atoms with E-state index in [1.54, 1.807) is 38.1 Å². The number of hydrogen-bond acceptors (Lipinski definition) is 6. The first-order valence-corrected chi connectivity index (χ1v) is 11.2. The molecule has 2 heterocycles. The first-order valence-electron chi connectivity index (χ1n) is 9.28. The number of pyridine rings is 1. The van der Waals surface area contributed by atoms with E-state index in [4.69, 9.17) is 4.52 Å². The van der Waals surface area contributed by atoms with Crippen LogP contribution in [0, 0.1) is 19.7 Å². The molecule has 31 heavy (non-hydrogen) atoms. The van der Waals surface area contributed by atoms with Crippen molar-refractivity contribution in [1.82, 2.24) is 10.1 Å². The highest BCUT2D eigenvalue weighted by Crippen LogP contribution is 2.29. The largest absolute Gasteiger partial charge is 0.335 e. The molecule has 0 spiro atoms. The summed E-state index contributed by atoms with van der Waals surface area (Å²) in [5.41, 5.74) is 3.00. The molecular weight excluding hydrogens is 421 g/mol. The van der Waals surface area contributed by atoms with Gasteiger partial charge in [-0.25, -0.2) is 17.8 Å². The predicted octanol–water partition coefficient (Wildman–Crippen LogP) is 4.30. The van der Waals surface area contributed by atoms with Crippen LogP contribution in [0.1, 0.15) is 21.6 Å². The number of anilines is 1. The zero-order valence-electron chi connectivity index (χ0n) is 16.9. The van der Waals surface area contributed by atoms with E-state index in [1.807, 2.05) is 0 Å². The molecule has 0 aliphatic heterocycles. The molecule has 0 radical (unpaired) electrons. The molecule has 2 aromatic carbocycles. The molecule has 4 aromatic rings. The fourth-order valence-corrected chi connectivity index (χ4v) is 3.85. The third-order valence-electron chi connectivity index (χ3n) is 4.89. The van der Waals surface area contributed by atoms with Gasteiger partial charge in [0.2, 0.25) is 0 Å². The van der Waals surface area contributed by atoms with Gasteiger partial charge in [-0.2, -0.15) is 0 Å². The Morgan fingerprint density at radius 2 is 1.77 bits per heavy atom. The lowest BCUT2D eigenvalue weighted by Gasteiger charge is -2.11. The number of aromatic nitrogens is 2. The van der Waals surface area contributed by atoms with Crippen LogP contribution in [0.5, 0.6) is 0 Å².